The molecule has 18 heavy (non-hydrogen) atoms. The molecule has 1 aromatic heterocycles. The summed E-state index contributed by atoms with van der Waals surface area (Å²) in [6.07, 6.45) is 0. The Labute approximate surface area is 114 Å². The lowest BCUT2D eigenvalue weighted by Gasteiger charge is -2.09. The van der Waals surface area contributed by atoms with Crippen molar-refractivity contribution in [3.63, 3.8) is 0 Å². The van der Waals surface area contributed by atoms with Gasteiger partial charge in [0.25, 0.3) is 0 Å². The van der Waals surface area contributed by atoms with Gasteiger partial charge >= 0.3 is 0 Å². The van der Waals surface area contributed by atoms with Gasteiger partial charge in [-0.3, -0.25) is 0 Å². The fraction of sp³-hybridized carbons (Fsp3) is 0.167. The number of aromatic nitrogens is 2. The third-order valence-electron chi connectivity index (χ3n) is 2.29. The Morgan fingerprint density at radius 1 is 1.22 bits per heavy atom. The van der Waals surface area contributed by atoms with Crippen molar-refractivity contribution in [3.8, 4) is 0 Å². The summed E-state index contributed by atoms with van der Waals surface area (Å²) in [6, 6.07) is 6.26. The predicted molar refractivity (Wildman–Crippen MR) is 70.5 cm³/mol. The molecule has 0 aliphatic carbocycles. The molecule has 2 aromatic rings. The van der Waals surface area contributed by atoms with Gasteiger partial charge in [-0.15, -0.1) is 0 Å². The first-order valence-corrected chi connectivity index (χ1v) is 6.00. The Balaban J connectivity index is 2.16. The van der Waals surface area contributed by atoms with E-state index in [2.05, 4.69) is 15.3 Å². The van der Waals surface area contributed by atoms with Gasteiger partial charge in [-0.05, 0) is 24.6 Å². The normalized spacial score (nSPS) is 10.4. The fourth-order valence-electron chi connectivity index (χ4n) is 1.49. The molecular formula is C12H10Cl2FN3. The summed E-state index contributed by atoms with van der Waals surface area (Å²) in [5.41, 5.74) is 1.23. The van der Waals surface area contributed by atoms with E-state index in [0.717, 1.165) is 5.56 Å². The molecular weight excluding hydrogens is 276 g/mol. The van der Waals surface area contributed by atoms with Crippen LogP contribution in [-0.4, -0.2) is 9.97 Å². The van der Waals surface area contributed by atoms with Gasteiger partial charge in [0.15, 0.2) is 10.3 Å². The third-order valence-corrected chi connectivity index (χ3v) is 2.84. The number of rotatable bonds is 3. The standard InChI is InChI=1S/C12H10Cl2FN3/c1-7-17-11(13)10(12(14)18-7)16-6-8-3-2-4-9(15)5-8/h2-5,16H,6H2,1H3. The highest BCUT2D eigenvalue weighted by Gasteiger charge is 2.09. The predicted octanol–water partition coefficient (Wildman–Crippen LogP) is 3.84. The number of hydrogen-bond donors (Lipinski definition) is 1. The van der Waals surface area contributed by atoms with Crippen molar-refractivity contribution in [3.05, 3.63) is 51.8 Å². The molecule has 1 heterocycles. The quantitative estimate of drug-likeness (QED) is 0.871. The Morgan fingerprint density at radius 3 is 2.50 bits per heavy atom. The molecule has 6 heteroatoms. The summed E-state index contributed by atoms with van der Waals surface area (Å²) in [5.74, 6) is 0.216. The third kappa shape index (κ3) is 3.09. The van der Waals surface area contributed by atoms with Crippen molar-refractivity contribution in [2.24, 2.45) is 0 Å². The van der Waals surface area contributed by atoms with E-state index in [-0.39, 0.29) is 16.1 Å². The van der Waals surface area contributed by atoms with Gasteiger partial charge in [0.1, 0.15) is 17.3 Å². The SMILES string of the molecule is Cc1nc(Cl)c(NCc2cccc(F)c2)c(Cl)n1. The zero-order valence-electron chi connectivity index (χ0n) is 9.54. The summed E-state index contributed by atoms with van der Waals surface area (Å²) in [7, 11) is 0. The van der Waals surface area contributed by atoms with E-state index >= 15 is 0 Å². The van der Waals surface area contributed by atoms with Crippen LogP contribution in [0.2, 0.25) is 10.3 Å². The van der Waals surface area contributed by atoms with Gasteiger partial charge in [-0.1, -0.05) is 35.3 Å². The number of aryl methyl sites for hydroxylation is 1. The van der Waals surface area contributed by atoms with E-state index in [1.54, 1.807) is 19.1 Å². The van der Waals surface area contributed by atoms with Crippen molar-refractivity contribution in [1.29, 1.82) is 0 Å². The summed E-state index contributed by atoms with van der Waals surface area (Å²) in [5, 5.41) is 3.50. The number of anilines is 1. The van der Waals surface area contributed by atoms with E-state index in [9.17, 15) is 4.39 Å². The lowest BCUT2D eigenvalue weighted by Crippen LogP contribution is -2.04. The second kappa shape index (κ2) is 5.50. The highest BCUT2D eigenvalue weighted by Crippen LogP contribution is 2.27. The molecule has 0 spiro atoms. The molecule has 1 N–H and O–H groups in total. The van der Waals surface area contributed by atoms with Crippen LogP contribution < -0.4 is 5.32 Å². The van der Waals surface area contributed by atoms with Gasteiger partial charge in [-0.2, -0.15) is 0 Å². The number of benzene rings is 1. The Bertz CT molecular complexity index is 552. The van der Waals surface area contributed by atoms with Crippen molar-refractivity contribution in [2.45, 2.75) is 13.5 Å². The maximum absolute atomic E-state index is 13.0. The van der Waals surface area contributed by atoms with Crippen molar-refractivity contribution < 1.29 is 4.39 Å². The minimum Gasteiger partial charge on any atom is -0.376 e. The summed E-state index contributed by atoms with van der Waals surface area (Å²) in [4.78, 5) is 8.00. The van der Waals surface area contributed by atoms with Crippen LogP contribution in [0.3, 0.4) is 0 Å². The zero-order chi connectivity index (χ0) is 13.1. The molecule has 0 saturated carbocycles. The summed E-state index contributed by atoms with van der Waals surface area (Å²) in [6.45, 7) is 2.09. The molecule has 2 rings (SSSR count). The molecule has 1 aromatic carbocycles. The zero-order valence-corrected chi connectivity index (χ0v) is 11.1. The molecule has 94 valence electrons. The summed E-state index contributed by atoms with van der Waals surface area (Å²) >= 11 is 11.9. The molecule has 0 atom stereocenters. The van der Waals surface area contributed by atoms with Crippen LogP contribution in [-0.2, 0) is 6.54 Å². The van der Waals surface area contributed by atoms with Crippen LogP contribution in [0, 0.1) is 12.7 Å². The minimum absolute atomic E-state index is 0.254. The number of hydrogen-bond acceptors (Lipinski definition) is 3. The number of nitrogens with zero attached hydrogens (tertiary/aromatic N) is 2. The van der Waals surface area contributed by atoms with Crippen LogP contribution >= 0.6 is 23.2 Å². The van der Waals surface area contributed by atoms with E-state index in [0.29, 0.717) is 18.1 Å². The number of halogens is 3. The van der Waals surface area contributed by atoms with Crippen LogP contribution in [0.1, 0.15) is 11.4 Å². The van der Waals surface area contributed by atoms with E-state index < -0.39 is 0 Å². The van der Waals surface area contributed by atoms with Crippen LogP contribution in [0.25, 0.3) is 0 Å². The molecule has 0 amide bonds. The van der Waals surface area contributed by atoms with Gasteiger partial charge < -0.3 is 5.32 Å². The average Bonchev–Trinajstić information content (AvgIpc) is 2.27. The Hall–Kier alpha value is -1.39. The van der Waals surface area contributed by atoms with Crippen LogP contribution in [0.15, 0.2) is 24.3 Å². The number of nitrogens with one attached hydrogen (secondary N) is 1. The molecule has 0 aliphatic rings. The molecule has 3 nitrogen and oxygen atoms in total. The van der Waals surface area contributed by atoms with E-state index in [1.165, 1.54) is 12.1 Å². The molecule has 0 aliphatic heterocycles. The Morgan fingerprint density at radius 2 is 1.89 bits per heavy atom. The highest BCUT2D eigenvalue weighted by atomic mass is 35.5. The first-order chi connectivity index (χ1) is 8.56. The van der Waals surface area contributed by atoms with Gasteiger partial charge in [0.05, 0.1) is 0 Å². The van der Waals surface area contributed by atoms with E-state index in [1.807, 2.05) is 0 Å². The van der Waals surface area contributed by atoms with Crippen molar-refractivity contribution in [1.82, 2.24) is 9.97 Å². The van der Waals surface area contributed by atoms with Crippen molar-refractivity contribution >= 4 is 28.9 Å². The molecule has 0 unspecified atom stereocenters. The summed E-state index contributed by atoms with van der Waals surface area (Å²) < 4.78 is 13.0. The second-order valence-corrected chi connectivity index (χ2v) is 4.43. The maximum Gasteiger partial charge on any atom is 0.157 e. The minimum atomic E-state index is -0.286. The largest absolute Gasteiger partial charge is 0.376 e. The molecule has 0 saturated heterocycles. The smallest absolute Gasteiger partial charge is 0.157 e. The molecule has 0 bridgehead atoms. The van der Waals surface area contributed by atoms with E-state index in [4.69, 9.17) is 23.2 Å². The Kier molecular flexibility index (Phi) is 3.99. The van der Waals surface area contributed by atoms with Crippen LogP contribution in [0.5, 0.6) is 0 Å². The maximum atomic E-state index is 13.0. The molecule has 0 radical (unpaired) electrons. The fourth-order valence-corrected chi connectivity index (χ4v) is 2.09. The topological polar surface area (TPSA) is 37.8 Å². The highest BCUT2D eigenvalue weighted by molar-refractivity contribution is 6.37. The van der Waals surface area contributed by atoms with Crippen molar-refractivity contribution in [2.75, 3.05) is 5.32 Å². The second-order valence-electron chi connectivity index (χ2n) is 3.71. The van der Waals surface area contributed by atoms with Gasteiger partial charge in [-0.25, -0.2) is 14.4 Å². The monoisotopic (exact) mass is 285 g/mol. The lowest BCUT2D eigenvalue weighted by atomic mass is 10.2. The van der Waals surface area contributed by atoms with Gasteiger partial charge in [0.2, 0.25) is 0 Å². The molecule has 0 fully saturated rings. The van der Waals surface area contributed by atoms with Gasteiger partial charge in [0, 0.05) is 6.54 Å². The first kappa shape index (κ1) is 13.1. The average molecular weight is 286 g/mol. The lowest BCUT2D eigenvalue weighted by molar-refractivity contribution is 0.626. The first-order valence-electron chi connectivity index (χ1n) is 5.24. The van der Waals surface area contributed by atoms with Crippen LogP contribution in [0.4, 0.5) is 10.1 Å².